The molecule has 0 aliphatic rings. The molecule has 0 spiro atoms. The van der Waals surface area contributed by atoms with Gasteiger partial charge in [0.15, 0.2) is 11.5 Å². The lowest BCUT2D eigenvalue weighted by molar-refractivity contribution is -0.122. The minimum absolute atomic E-state index is 0.0157. The summed E-state index contributed by atoms with van der Waals surface area (Å²) >= 11 is 0. The monoisotopic (exact) mass is 382 g/mol. The van der Waals surface area contributed by atoms with Gasteiger partial charge in [-0.3, -0.25) is 4.79 Å². The fraction of sp³-hybridized carbons (Fsp3) is 0.364. The van der Waals surface area contributed by atoms with Crippen molar-refractivity contribution in [2.75, 3.05) is 20.8 Å². The first-order chi connectivity index (χ1) is 13.6. The number of nitrogens with zero attached hydrogens (tertiary/aromatic N) is 1. The van der Waals surface area contributed by atoms with Crippen LogP contribution in [-0.2, 0) is 4.79 Å². The number of ether oxygens (including phenoxy) is 3. The fourth-order valence-electron chi connectivity index (χ4n) is 2.80. The van der Waals surface area contributed by atoms with Crippen LogP contribution in [-0.4, -0.2) is 26.7 Å². The Bertz CT molecular complexity index is 812. The Hall–Kier alpha value is -3.20. The highest BCUT2D eigenvalue weighted by Crippen LogP contribution is 2.28. The number of nitrogens with one attached hydrogen (secondary N) is 1. The van der Waals surface area contributed by atoms with Gasteiger partial charge >= 0.3 is 0 Å². The van der Waals surface area contributed by atoms with Gasteiger partial charge in [-0.1, -0.05) is 19.1 Å². The van der Waals surface area contributed by atoms with Crippen molar-refractivity contribution in [1.82, 2.24) is 5.32 Å². The average Bonchev–Trinajstić information content (AvgIpc) is 2.75. The summed E-state index contributed by atoms with van der Waals surface area (Å²) < 4.78 is 16.1. The summed E-state index contributed by atoms with van der Waals surface area (Å²) in [6, 6.07) is 14.7. The van der Waals surface area contributed by atoms with Crippen molar-refractivity contribution in [2.45, 2.75) is 32.2 Å². The number of hydrogen-bond acceptors (Lipinski definition) is 5. The third-order valence-corrected chi connectivity index (χ3v) is 4.36. The second-order valence-electron chi connectivity index (χ2n) is 6.23. The Morgan fingerprint density at radius 2 is 1.86 bits per heavy atom. The van der Waals surface area contributed by atoms with Gasteiger partial charge < -0.3 is 19.5 Å². The van der Waals surface area contributed by atoms with Crippen LogP contribution in [0.15, 0.2) is 42.5 Å². The van der Waals surface area contributed by atoms with E-state index in [9.17, 15) is 4.79 Å². The van der Waals surface area contributed by atoms with Crippen LogP contribution in [0.5, 0.6) is 17.2 Å². The highest BCUT2D eigenvalue weighted by atomic mass is 16.5. The summed E-state index contributed by atoms with van der Waals surface area (Å²) in [6.07, 6.45) is 1.75. The maximum atomic E-state index is 12.3. The van der Waals surface area contributed by atoms with Gasteiger partial charge in [-0.05, 0) is 42.7 Å². The molecule has 2 rings (SSSR count). The SMILES string of the molecule is CCC(NC(=O)CCCOc1ccc(C#N)cc1OC)c1ccc(OC)cc1. The third kappa shape index (κ3) is 5.92. The fourth-order valence-corrected chi connectivity index (χ4v) is 2.80. The van der Waals surface area contributed by atoms with Crippen LogP contribution in [0.3, 0.4) is 0 Å². The lowest BCUT2D eigenvalue weighted by Crippen LogP contribution is -2.28. The van der Waals surface area contributed by atoms with E-state index in [4.69, 9.17) is 19.5 Å². The Balaban J connectivity index is 1.81. The van der Waals surface area contributed by atoms with Crippen molar-refractivity contribution in [1.29, 1.82) is 5.26 Å². The second kappa shape index (κ2) is 10.8. The molecule has 0 saturated heterocycles. The number of methoxy groups -OCH3 is 2. The zero-order chi connectivity index (χ0) is 20.4. The highest BCUT2D eigenvalue weighted by Gasteiger charge is 2.13. The van der Waals surface area contributed by atoms with Gasteiger partial charge in [-0.2, -0.15) is 5.26 Å². The van der Waals surface area contributed by atoms with Gasteiger partial charge in [0.25, 0.3) is 0 Å². The quantitative estimate of drug-likeness (QED) is 0.628. The largest absolute Gasteiger partial charge is 0.497 e. The molecule has 28 heavy (non-hydrogen) atoms. The zero-order valence-corrected chi connectivity index (χ0v) is 16.5. The smallest absolute Gasteiger partial charge is 0.220 e. The molecule has 1 unspecified atom stereocenters. The third-order valence-electron chi connectivity index (χ3n) is 4.36. The molecule has 2 aromatic carbocycles. The zero-order valence-electron chi connectivity index (χ0n) is 16.5. The number of rotatable bonds is 10. The normalized spacial score (nSPS) is 11.2. The van der Waals surface area contributed by atoms with Gasteiger partial charge in [0.05, 0.1) is 38.5 Å². The maximum Gasteiger partial charge on any atom is 0.220 e. The molecule has 0 bridgehead atoms. The van der Waals surface area contributed by atoms with Crippen molar-refractivity contribution in [2.24, 2.45) is 0 Å². The van der Waals surface area contributed by atoms with Gasteiger partial charge in [0.1, 0.15) is 5.75 Å². The molecule has 0 heterocycles. The summed E-state index contributed by atoms with van der Waals surface area (Å²) in [7, 11) is 3.16. The Kier molecular flexibility index (Phi) is 8.16. The molecular weight excluding hydrogens is 356 g/mol. The summed E-state index contributed by atoms with van der Waals surface area (Å²) in [6.45, 7) is 2.42. The number of hydrogen-bond donors (Lipinski definition) is 1. The number of nitriles is 1. The minimum atomic E-state index is -0.0297. The lowest BCUT2D eigenvalue weighted by atomic mass is 10.0. The molecule has 1 atom stereocenters. The van der Waals surface area contributed by atoms with Crippen molar-refractivity contribution in [3.63, 3.8) is 0 Å². The summed E-state index contributed by atoms with van der Waals surface area (Å²) in [5.74, 6) is 1.85. The first-order valence-electron chi connectivity index (χ1n) is 9.25. The van der Waals surface area contributed by atoms with Crippen molar-refractivity contribution in [3.05, 3.63) is 53.6 Å². The molecule has 148 valence electrons. The predicted molar refractivity (Wildman–Crippen MR) is 107 cm³/mol. The van der Waals surface area contributed by atoms with E-state index in [1.54, 1.807) is 25.3 Å². The van der Waals surface area contributed by atoms with Crippen LogP contribution >= 0.6 is 0 Å². The van der Waals surface area contributed by atoms with Crippen LogP contribution in [0.1, 0.15) is 43.4 Å². The molecule has 0 radical (unpaired) electrons. The van der Waals surface area contributed by atoms with Crippen LogP contribution in [0.4, 0.5) is 0 Å². The molecule has 0 aliphatic heterocycles. The standard InChI is InChI=1S/C22H26N2O4/c1-4-19(17-8-10-18(26-2)11-9-17)24-22(25)6-5-13-28-20-12-7-16(15-23)14-21(20)27-3/h7-12,14,19H,4-6,13H2,1-3H3,(H,24,25). The van der Waals surface area contributed by atoms with E-state index in [0.717, 1.165) is 17.7 Å². The van der Waals surface area contributed by atoms with E-state index >= 15 is 0 Å². The first-order valence-corrected chi connectivity index (χ1v) is 9.25. The number of carbonyl (C=O) groups is 1. The minimum Gasteiger partial charge on any atom is -0.497 e. The first kappa shape index (κ1) is 21.1. The van der Waals surface area contributed by atoms with E-state index in [0.29, 0.717) is 36.5 Å². The van der Waals surface area contributed by atoms with Gasteiger partial charge in [0.2, 0.25) is 5.91 Å². The number of amides is 1. The molecule has 0 aliphatic carbocycles. The lowest BCUT2D eigenvalue weighted by Gasteiger charge is -2.18. The number of benzene rings is 2. The molecule has 0 fully saturated rings. The molecule has 2 aromatic rings. The Labute approximate surface area is 166 Å². The van der Waals surface area contributed by atoms with Crippen LogP contribution in [0, 0.1) is 11.3 Å². The van der Waals surface area contributed by atoms with Crippen molar-refractivity contribution >= 4 is 5.91 Å². The molecule has 0 aromatic heterocycles. The molecule has 6 heteroatoms. The van der Waals surface area contributed by atoms with E-state index in [-0.39, 0.29) is 11.9 Å². The summed E-state index contributed by atoms with van der Waals surface area (Å²) in [5.41, 5.74) is 1.56. The van der Waals surface area contributed by atoms with Crippen LogP contribution in [0.25, 0.3) is 0 Å². The van der Waals surface area contributed by atoms with Crippen molar-refractivity contribution < 1.29 is 19.0 Å². The summed E-state index contributed by atoms with van der Waals surface area (Å²) in [5, 5.41) is 12.0. The van der Waals surface area contributed by atoms with Gasteiger partial charge in [-0.25, -0.2) is 0 Å². The Morgan fingerprint density at radius 3 is 2.46 bits per heavy atom. The van der Waals surface area contributed by atoms with Gasteiger partial charge in [0, 0.05) is 12.5 Å². The van der Waals surface area contributed by atoms with Crippen LogP contribution in [0.2, 0.25) is 0 Å². The Morgan fingerprint density at radius 1 is 1.11 bits per heavy atom. The maximum absolute atomic E-state index is 12.3. The second-order valence-corrected chi connectivity index (χ2v) is 6.23. The van der Waals surface area contributed by atoms with Gasteiger partial charge in [-0.15, -0.1) is 0 Å². The summed E-state index contributed by atoms with van der Waals surface area (Å²) in [4.78, 5) is 12.3. The van der Waals surface area contributed by atoms with E-state index in [1.165, 1.54) is 7.11 Å². The highest BCUT2D eigenvalue weighted by molar-refractivity contribution is 5.76. The average molecular weight is 382 g/mol. The molecule has 1 amide bonds. The number of carbonyl (C=O) groups excluding carboxylic acids is 1. The van der Waals surface area contributed by atoms with E-state index < -0.39 is 0 Å². The molecule has 6 nitrogen and oxygen atoms in total. The predicted octanol–water partition coefficient (Wildman–Crippen LogP) is 4.00. The van der Waals surface area contributed by atoms with Crippen LogP contribution < -0.4 is 19.5 Å². The van der Waals surface area contributed by atoms with E-state index in [2.05, 4.69) is 11.4 Å². The molecule has 0 saturated carbocycles. The van der Waals surface area contributed by atoms with Crippen molar-refractivity contribution in [3.8, 4) is 23.3 Å². The van der Waals surface area contributed by atoms with E-state index in [1.807, 2.05) is 31.2 Å². The molecular formula is C22H26N2O4. The molecule has 1 N–H and O–H groups in total. The topological polar surface area (TPSA) is 80.6 Å².